The normalized spacial score (nSPS) is 24.9. The maximum Gasteiger partial charge on any atom is 0.409 e. The number of fused-ring (bicyclic) bond motifs is 5. The van der Waals surface area contributed by atoms with Gasteiger partial charge in [-0.05, 0) is 154 Å². The number of aryl methyl sites for hydroxylation is 2. The van der Waals surface area contributed by atoms with E-state index in [-0.39, 0.29) is 89.5 Å². The van der Waals surface area contributed by atoms with Crippen LogP contribution in [0.5, 0.6) is 11.8 Å². The molecule has 4 amide bonds. The number of aromatic nitrogens is 3. The number of rotatable bonds is 8. The quantitative estimate of drug-likeness (QED) is 0.114. The first-order chi connectivity index (χ1) is 37.4. The molecule has 6 fully saturated rings. The highest BCUT2D eigenvalue weighted by molar-refractivity contribution is 6.06. The standard InChI is InChI=1S/C59H62F2N8O8/c1-2-41-44(60)11-8-36-26-40(70)27-43(48(36)41)51-50(61)52-49-45(62-51)12-9-38-31-75-24-4-20-67(38)53(49)65-56(64-52)77-33-59-16-3-21-69(59)39(15-17-59)32-76-57(74)66-22-18-58(19-23-66)28-35(29-58)6-5-34-7-10-42-37(25-34)30-68(55(42)73)46-13-14-47(71)63-54(46)72/h7-8,10-11,25-27,35,38-39,46,70H,2-4,9,12-24,28-33H2,1H3,(H,63,71,72)/t38-,39-,46?,59-/m0/s1. The van der Waals surface area contributed by atoms with E-state index in [9.17, 15) is 24.3 Å². The highest BCUT2D eigenvalue weighted by Crippen LogP contribution is 2.53. The van der Waals surface area contributed by atoms with Crippen molar-refractivity contribution in [2.24, 2.45) is 11.3 Å². The monoisotopic (exact) mass is 1050 g/mol. The molecule has 8 aliphatic rings. The first kappa shape index (κ1) is 49.6. The fourth-order valence-electron chi connectivity index (χ4n) is 14.3. The third-order valence-electron chi connectivity index (χ3n) is 18.3. The van der Waals surface area contributed by atoms with E-state index in [1.54, 1.807) is 23.1 Å². The molecule has 0 bridgehead atoms. The third kappa shape index (κ3) is 8.77. The van der Waals surface area contributed by atoms with Crippen LogP contribution in [-0.4, -0.2) is 135 Å². The summed E-state index contributed by atoms with van der Waals surface area (Å²) in [5, 5.41) is 14.9. The number of carbonyl (C=O) groups is 4. The van der Waals surface area contributed by atoms with E-state index in [2.05, 4.69) is 27.0 Å². The van der Waals surface area contributed by atoms with Gasteiger partial charge in [0.2, 0.25) is 11.8 Å². The molecule has 1 unspecified atom stereocenters. The number of carbonyl (C=O) groups excluding carboxylic acids is 4. The Bertz CT molecular complexity index is 3350. The van der Waals surface area contributed by atoms with Gasteiger partial charge in [0, 0.05) is 67.9 Å². The van der Waals surface area contributed by atoms with E-state index in [4.69, 9.17) is 29.2 Å². The summed E-state index contributed by atoms with van der Waals surface area (Å²) >= 11 is 0. The minimum absolute atomic E-state index is 0.00779. The van der Waals surface area contributed by atoms with Crippen LogP contribution in [0.4, 0.5) is 19.4 Å². The molecule has 1 saturated carbocycles. The number of phenolic OH excluding ortho intramolecular Hbond substituents is 1. The minimum Gasteiger partial charge on any atom is -0.508 e. The van der Waals surface area contributed by atoms with Gasteiger partial charge in [-0.1, -0.05) is 24.8 Å². The Labute approximate surface area is 444 Å². The number of hydrogen-bond acceptors (Lipinski definition) is 13. The molecule has 7 aliphatic heterocycles. The molecular weight excluding hydrogens is 987 g/mol. The number of amides is 4. The van der Waals surface area contributed by atoms with Gasteiger partial charge in [0.1, 0.15) is 47.9 Å². The highest BCUT2D eigenvalue weighted by Gasteiger charge is 2.51. The number of benzene rings is 3. The predicted molar refractivity (Wildman–Crippen MR) is 280 cm³/mol. The Hall–Kier alpha value is -6.97. The minimum atomic E-state index is -0.689. The number of aromatic hydroxyl groups is 1. The number of anilines is 1. The number of piperidine rings is 2. The van der Waals surface area contributed by atoms with Crippen molar-refractivity contribution in [3.8, 4) is 34.9 Å². The molecule has 13 rings (SSSR count). The predicted octanol–water partition coefficient (Wildman–Crippen LogP) is 7.75. The number of ether oxygens (including phenoxy) is 3. The van der Waals surface area contributed by atoms with E-state index in [1.165, 1.54) is 12.1 Å². The SMILES string of the molecule is CCc1c(F)ccc2cc(O)cc(-c3nc4c5c(nc(OC[C@@]67CCCN6[C@H](COC(=O)N6CCC8(CC6)CC(C#Cc6ccc9c(c6)CN(C6CCC(=O)NC6=O)C9=O)C8)CC7)nc5c3F)N3CCCOC[C@@H]3CC4)c12. The van der Waals surface area contributed by atoms with Crippen molar-refractivity contribution in [2.45, 2.75) is 127 Å². The number of pyridine rings is 1. The van der Waals surface area contributed by atoms with Gasteiger partial charge in [-0.15, -0.1) is 0 Å². The first-order valence-corrected chi connectivity index (χ1v) is 27.7. The lowest BCUT2D eigenvalue weighted by molar-refractivity contribution is -0.136. The second kappa shape index (κ2) is 19.5. The number of nitrogens with zero attached hydrogens (tertiary/aromatic N) is 7. The number of halogens is 2. The molecule has 5 aromatic rings. The van der Waals surface area contributed by atoms with Crippen LogP contribution in [0.1, 0.15) is 117 Å². The molecule has 16 nitrogen and oxygen atoms in total. The summed E-state index contributed by atoms with van der Waals surface area (Å²) in [6.07, 6.45) is 9.83. The van der Waals surface area contributed by atoms with Crippen LogP contribution in [0.15, 0.2) is 42.5 Å². The van der Waals surface area contributed by atoms with Gasteiger partial charge in [0.25, 0.3) is 5.91 Å². The van der Waals surface area contributed by atoms with Gasteiger partial charge in [-0.3, -0.25) is 24.6 Å². The van der Waals surface area contributed by atoms with Crippen LogP contribution >= 0.6 is 0 Å². The number of phenols is 1. The number of likely N-dealkylation sites (tertiary alicyclic amines) is 1. The zero-order valence-corrected chi connectivity index (χ0v) is 43.3. The van der Waals surface area contributed by atoms with E-state index >= 15 is 8.78 Å². The fraction of sp³-hybridized carbons (Fsp3) is 0.508. The van der Waals surface area contributed by atoms with Gasteiger partial charge in [0.05, 0.1) is 29.3 Å². The van der Waals surface area contributed by atoms with E-state index < -0.39 is 23.6 Å². The van der Waals surface area contributed by atoms with E-state index in [1.807, 2.05) is 24.0 Å². The van der Waals surface area contributed by atoms with Crippen LogP contribution in [0.25, 0.3) is 32.9 Å². The highest BCUT2D eigenvalue weighted by atomic mass is 19.1. The number of imide groups is 1. The van der Waals surface area contributed by atoms with Crippen molar-refractivity contribution in [3.05, 3.63) is 82.0 Å². The van der Waals surface area contributed by atoms with Gasteiger partial charge in [-0.25, -0.2) is 18.6 Å². The lowest BCUT2D eigenvalue weighted by Gasteiger charge is -2.50. The summed E-state index contributed by atoms with van der Waals surface area (Å²) < 4.78 is 51.7. The van der Waals surface area contributed by atoms with Crippen LogP contribution in [-0.2, 0) is 38.4 Å². The fourth-order valence-corrected chi connectivity index (χ4v) is 14.3. The molecule has 4 atom stereocenters. The van der Waals surface area contributed by atoms with Crippen molar-refractivity contribution in [1.82, 2.24) is 35.0 Å². The zero-order valence-electron chi connectivity index (χ0n) is 43.3. The van der Waals surface area contributed by atoms with Gasteiger partial charge in [0.15, 0.2) is 5.82 Å². The molecule has 2 N–H and O–H groups in total. The zero-order chi connectivity index (χ0) is 52.7. The molecule has 77 heavy (non-hydrogen) atoms. The largest absolute Gasteiger partial charge is 0.508 e. The Morgan fingerprint density at radius 2 is 1.77 bits per heavy atom. The van der Waals surface area contributed by atoms with Crippen LogP contribution in [0.2, 0.25) is 0 Å². The first-order valence-electron chi connectivity index (χ1n) is 27.7. The molecular formula is C59H62F2N8O8. The molecule has 0 radical (unpaired) electrons. The topological polar surface area (TPSA) is 180 Å². The molecule has 400 valence electrons. The molecule has 1 aliphatic carbocycles. The summed E-state index contributed by atoms with van der Waals surface area (Å²) in [6.45, 7) is 6.58. The maximum absolute atomic E-state index is 17.5. The Morgan fingerprint density at radius 3 is 2.60 bits per heavy atom. The molecule has 1 spiro atoms. The average Bonchev–Trinajstić information content (AvgIpc) is 4.00. The molecule has 3 aromatic carbocycles. The summed E-state index contributed by atoms with van der Waals surface area (Å²) in [7, 11) is 0. The van der Waals surface area contributed by atoms with Gasteiger partial charge < -0.3 is 34.0 Å². The van der Waals surface area contributed by atoms with Crippen molar-refractivity contribution in [2.75, 3.05) is 57.5 Å². The van der Waals surface area contributed by atoms with E-state index in [0.717, 1.165) is 75.5 Å². The Morgan fingerprint density at radius 1 is 0.909 bits per heavy atom. The van der Waals surface area contributed by atoms with Crippen LogP contribution in [0, 0.1) is 34.8 Å². The summed E-state index contributed by atoms with van der Waals surface area (Å²) in [6, 6.07) is 11.0. The van der Waals surface area contributed by atoms with Crippen LogP contribution in [0.3, 0.4) is 0 Å². The second-order valence-corrected chi connectivity index (χ2v) is 22.8. The number of nitrogens with one attached hydrogen (secondary N) is 1. The smallest absolute Gasteiger partial charge is 0.409 e. The lowest BCUT2D eigenvalue weighted by atomic mass is 9.58. The molecule has 5 saturated heterocycles. The number of hydrogen-bond donors (Lipinski definition) is 2. The summed E-state index contributed by atoms with van der Waals surface area (Å²) in [4.78, 5) is 73.8. The maximum atomic E-state index is 17.5. The molecule has 9 heterocycles. The van der Waals surface area contributed by atoms with Crippen molar-refractivity contribution >= 4 is 51.3 Å². The van der Waals surface area contributed by atoms with E-state index in [0.29, 0.717) is 109 Å². The average molecular weight is 1050 g/mol. The van der Waals surface area contributed by atoms with Crippen molar-refractivity contribution in [3.63, 3.8) is 0 Å². The summed E-state index contributed by atoms with van der Waals surface area (Å²) in [5.74, 6) is 5.49. The Balaban J connectivity index is 0.655. The van der Waals surface area contributed by atoms with Gasteiger partial charge in [-0.2, -0.15) is 9.97 Å². The Kier molecular flexibility index (Phi) is 12.6. The molecule has 2 aromatic heterocycles. The van der Waals surface area contributed by atoms with Crippen molar-refractivity contribution < 1.29 is 47.3 Å². The van der Waals surface area contributed by atoms with Gasteiger partial charge >= 0.3 is 12.1 Å². The second-order valence-electron chi connectivity index (χ2n) is 22.8. The van der Waals surface area contributed by atoms with Crippen molar-refractivity contribution in [1.29, 1.82) is 0 Å². The molecule has 18 heteroatoms. The summed E-state index contributed by atoms with van der Waals surface area (Å²) in [5.41, 5.74) is 3.47. The van der Waals surface area contributed by atoms with Crippen LogP contribution < -0.4 is 15.0 Å². The lowest BCUT2D eigenvalue weighted by Crippen LogP contribution is -2.52. The third-order valence-corrected chi connectivity index (χ3v) is 18.3.